The number of piperidine rings is 1. The number of amides is 2. The third-order valence-corrected chi connectivity index (χ3v) is 4.91. The van der Waals surface area contributed by atoms with Crippen LogP contribution in [0.1, 0.15) is 18.4 Å². The van der Waals surface area contributed by atoms with Crippen molar-refractivity contribution in [1.82, 2.24) is 0 Å². The number of aryl methyl sites for hydroxylation is 1. The summed E-state index contributed by atoms with van der Waals surface area (Å²) in [7, 11) is 0. The van der Waals surface area contributed by atoms with E-state index >= 15 is 0 Å². The number of hydrogen-bond acceptors (Lipinski definition) is 2. The fraction of sp³-hybridized carbons (Fsp3) is 0.333. The molecule has 0 radical (unpaired) electrons. The molecule has 6 heteroatoms. The highest BCUT2D eigenvalue weighted by molar-refractivity contribution is 5.93. The minimum Gasteiger partial charge on any atom is -0.327 e. The second-order valence-corrected chi connectivity index (χ2v) is 7.09. The molecule has 0 bridgehead atoms. The first-order chi connectivity index (χ1) is 13.0. The first-order valence-corrected chi connectivity index (χ1v) is 9.27. The molecule has 0 atom stereocenters. The Bertz CT molecular complexity index is 802. The summed E-state index contributed by atoms with van der Waals surface area (Å²) in [5.41, 5.74) is 1.82. The van der Waals surface area contributed by atoms with Crippen LogP contribution in [-0.2, 0) is 9.59 Å². The highest BCUT2D eigenvalue weighted by Crippen LogP contribution is 2.16. The molecule has 2 aromatic carbocycles. The average molecular weight is 370 g/mol. The standard InChI is InChI=1S/C21H24FN3O2/c1-15-7-8-19(18(22)13-15)24-20(26)14-25-11-9-16(10-12-25)21(27)23-17-5-3-2-4-6-17/h2-8,13,16H,9-12,14H2,1H3,(H,23,27)(H,24,26)/p+1. The summed E-state index contributed by atoms with van der Waals surface area (Å²) in [5.74, 6) is -0.632. The molecular formula is C21H25FN3O2+. The maximum Gasteiger partial charge on any atom is 0.279 e. The number of carbonyl (C=O) groups excluding carboxylic acids is 2. The molecule has 142 valence electrons. The highest BCUT2D eigenvalue weighted by atomic mass is 19.1. The largest absolute Gasteiger partial charge is 0.327 e. The number of para-hydroxylation sites is 1. The second kappa shape index (κ2) is 8.77. The van der Waals surface area contributed by atoms with Gasteiger partial charge in [0.2, 0.25) is 5.91 Å². The van der Waals surface area contributed by atoms with E-state index in [9.17, 15) is 14.0 Å². The SMILES string of the molecule is Cc1ccc(NC(=O)C[NH+]2CCC(C(=O)Nc3ccccc3)CC2)c(F)c1. The predicted octanol–water partition coefficient (Wildman–Crippen LogP) is 2.01. The topological polar surface area (TPSA) is 62.6 Å². The van der Waals surface area contributed by atoms with Crippen LogP contribution in [0.5, 0.6) is 0 Å². The van der Waals surface area contributed by atoms with Gasteiger partial charge in [0.1, 0.15) is 5.82 Å². The predicted molar refractivity (Wildman–Crippen MR) is 103 cm³/mol. The Morgan fingerprint density at radius 1 is 1.07 bits per heavy atom. The smallest absolute Gasteiger partial charge is 0.279 e. The van der Waals surface area contributed by atoms with E-state index in [1.54, 1.807) is 19.1 Å². The lowest BCUT2D eigenvalue weighted by atomic mass is 9.96. The van der Waals surface area contributed by atoms with Crippen molar-refractivity contribution in [2.75, 3.05) is 30.3 Å². The van der Waals surface area contributed by atoms with Crippen molar-refractivity contribution in [3.8, 4) is 0 Å². The molecule has 1 aliphatic rings. The van der Waals surface area contributed by atoms with Gasteiger partial charge < -0.3 is 15.5 Å². The maximum absolute atomic E-state index is 13.8. The van der Waals surface area contributed by atoms with Crippen LogP contribution in [0.4, 0.5) is 15.8 Å². The minimum absolute atomic E-state index is 0.0337. The van der Waals surface area contributed by atoms with Crippen molar-refractivity contribution in [2.45, 2.75) is 19.8 Å². The van der Waals surface area contributed by atoms with E-state index in [1.165, 1.54) is 6.07 Å². The van der Waals surface area contributed by atoms with E-state index in [4.69, 9.17) is 0 Å². The van der Waals surface area contributed by atoms with Gasteiger partial charge in [0.05, 0.1) is 18.8 Å². The lowest BCUT2D eigenvalue weighted by Gasteiger charge is -2.28. The molecule has 1 saturated heterocycles. The van der Waals surface area contributed by atoms with Gasteiger partial charge in [0.25, 0.3) is 5.91 Å². The molecule has 0 saturated carbocycles. The number of hydrogen-bond donors (Lipinski definition) is 3. The van der Waals surface area contributed by atoms with Crippen LogP contribution in [0.2, 0.25) is 0 Å². The average Bonchev–Trinajstić information content (AvgIpc) is 2.65. The number of likely N-dealkylation sites (tertiary alicyclic amines) is 1. The second-order valence-electron chi connectivity index (χ2n) is 7.09. The van der Waals surface area contributed by atoms with Crippen LogP contribution in [0.3, 0.4) is 0 Å². The molecule has 27 heavy (non-hydrogen) atoms. The van der Waals surface area contributed by atoms with Crippen molar-refractivity contribution >= 4 is 23.2 Å². The van der Waals surface area contributed by atoms with Crippen molar-refractivity contribution < 1.29 is 18.9 Å². The zero-order valence-electron chi connectivity index (χ0n) is 15.4. The molecule has 2 aromatic rings. The third-order valence-electron chi connectivity index (χ3n) is 4.91. The summed E-state index contributed by atoms with van der Waals surface area (Å²) < 4.78 is 13.8. The van der Waals surface area contributed by atoms with Crippen LogP contribution >= 0.6 is 0 Å². The van der Waals surface area contributed by atoms with Gasteiger partial charge in [0.15, 0.2) is 6.54 Å². The lowest BCUT2D eigenvalue weighted by Crippen LogP contribution is -3.14. The van der Waals surface area contributed by atoms with Crippen molar-refractivity contribution in [3.05, 3.63) is 59.9 Å². The van der Waals surface area contributed by atoms with Crippen LogP contribution in [-0.4, -0.2) is 31.4 Å². The molecule has 0 aliphatic carbocycles. The number of nitrogens with one attached hydrogen (secondary N) is 3. The molecule has 1 heterocycles. The fourth-order valence-corrected chi connectivity index (χ4v) is 3.37. The number of halogens is 1. The normalized spacial score (nSPS) is 19.3. The molecular weight excluding hydrogens is 345 g/mol. The fourth-order valence-electron chi connectivity index (χ4n) is 3.37. The molecule has 0 aromatic heterocycles. The van der Waals surface area contributed by atoms with E-state index in [-0.39, 0.29) is 30.0 Å². The van der Waals surface area contributed by atoms with Crippen LogP contribution < -0.4 is 15.5 Å². The van der Waals surface area contributed by atoms with Crippen LogP contribution in [0.25, 0.3) is 0 Å². The van der Waals surface area contributed by atoms with Crippen LogP contribution in [0, 0.1) is 18.7 Å². The van der Waals surface area contributed by atoms with Gasteiger partial charge in [-0.15, -0.1) is 0 Å². The molecule has 1 aliphatic heterocycles. The zero-order chi connectivity index (χ0) is 19.2. The Labute approximate surface area is 158 Å². The summed E-state index contributed by atoms with van der Waals surface area (Å²) >= 11 is 0. The van der Waals surface area contributed by atoms with E-state index in [1.807, 2.05) is 30.3 Å². The number of rotatable bonds is 5. The zero-order valence-corrected chi connectivity index (χ0v) is 15.4. The minimum atomic E-state index is -0.422. The van der Waals surface area contributed by atoms with E-state index < -0.39 is 5.82 Å². The Balaban J connectivity index is 1.45. The van der Waals surface area contributed by atoms with Crippen molar-refractivity contribution in [1.29, 1.82) is 0 Å². The van der Waals surface area contributed by atoms with Gasteiger partial charge in [-0.2, -0.15) is 0 Å². The lowest BCUT2D eigenvalue weighted by molar-refractivity contribution is -0.897. The molecule has 3 rings (SSSR count). The first-order valence-electron chi connectivity index (χ1n) is 9.27. The molecule has 1 fully saturated rings. The van der Waals surface area contributed by atoms with E-state index in [2.05, 4.69) is 10.6 Å². The quantitative estimate of drug-likeness (QED) is 0.754. The summed E-state index contributed by atoms with van der Waals surface area (Å²) in [4.78, 5) is 25.7. The Kier molecular flexibility index (Phi) is 6.19. The number of carbonyl (C=O) groups is 2. The van der Waals surface area contributed by atoms with E-state index in [0.29, 0.717) is 0 Å². The Hall–Kier alpha value is -2.73. The number of anilines is 2. The summed E-state index contributed by atoms with van der Waals surface area (Å²) in [5, 5.41) is 5.58. The van der Waals surface area contributed by atoms with Crippen LogP contribution in [0.15, 0.2) is 48.5 Å². The molecule has 0 spiro atoms. The molecule has 3 N–H and O–H groups in total. The van der Waals surface area contributed by atoms with Gasteiger partial charge in [-0.3, -0.25) is 9.59 Å². The van der Waals surface area contributed by atoms with Gasteiger partial charge >= 0.3 is 0 Å². The van der Waals surface area contributed by atoms with Gasteiger partial charge in [-0.05, 0) is 36.8 Å². The van der Waals surface area contributed by atoms with Gasteiger partial charge in [0, 0.05) is 24.4 Å². The number of benzene rings is 2. The summed E-state index contributed by atoms with van der Waals surface area (Å²) in [6.07, 6.45) is 1.47. The first kappa shape index (κ1) is 19.0. The summed E-state index contributed by atoms with van der Waals surface area (Å²) in [6, 6.07) is 14.2. The summed E-state index contributed by atoms with van der Waals surface area (Å²) in [6.45, 7) is 3.57. The van der Waals surface area contributed by atoms with E-state index in [0.717, 1.165) is 42.1 Å². The van der Waals surface area contributed by atoms with Gasteiger partial charge in [-0.1, -0.05) is 24.3 Å². The number of quaternary nitrogens is 1. The Morgan fingerprint density at radius 3 is 2.44 bits per heavy atom. The molecule has 5 nitrogen and oxygen atoms in total. The van der Waals surface area contributed by atoms with Crippen molar-refractivity contribution in [2.24, 2.45) is 5.92 Å². The third kappa shape index (κ3) is 5.37. The monoisotopic (exact) mass is 370 g/mol. The van der Waals surface area contributed by atoms with Gasteiger partial charge in [-0.25, -0.2) is 4.39 Å². The maximum atomic E-state index is 13.8. The van der Waals surface area contributed by atoms with Crippen molar-refractivity contribution in [3.63, 3.8) is 0 Å². The Morgan fingerprint density at radius 2 is 1.78 bits per heavy atom. The molecule has 0 unspecified atom stereocenters. The highest BCUT2D eigenvalue weighted by Gasteiger charge is 2.28. The molecule has 2 amide bonds.